The Labute approximate surface area is 125 Å². The number of phenols is 1. The molecule has 0 atom stereocenters. The van der Waals surface area contributed by atoms with Gasteiger partial charge in [-0.05, 0) is 12.1 Å². The molecule has 0 radical (unpaired) electrons. The molecule has 0 fully saturated rings. The van der Waals surface area contributed by atoms with Gasteiger partial charge in [-0.25, -0.2) is 0 Å². The molecule has 122 valence electrons. The van der Waals surface area contributed by atoms with Crippen molar-refractivity contribution in [3.05, 3.63) is 35.2 Å². The zero-order chi connectivity index (χ0) is 17.6. The first-order valence-electron chi connectivity index (χ1n) is 5.90. The summed E-state index contributed by atoms with van der Waals surface area (Å²) < 4.78 is 78.2. The Hall–Kier alpha value is -2.70. The molecule has 0 unspecified atom stereocenters. The summed E-state index contributed by atoms with van der Waals surface area (Å²) in [7, 11) is 0.961. The number of phenolic OH excluding ortho intramolecular Hbond substituents is 1. The number of hydrogen-bond donors (Lipinski definition) is 1. The molecule has 4 nitrogen and oxygen atoms in total. The van der Waals surface area contributed by atoms with Gasteiger partial charge in [0.15, 0.2) is 0 Å². The molecule has 2 rings (SSSR count). The second-order valence-electron chi connectivity index (χ2n) is 4.56. The molecule has 1 heterocycles. The first-order valence-corrected chi connectivity index (χ1v) is 5.90. The zero-order valence-corrected chi connectivity index (χ0v) is 11.3. The minimum absolute atomic E-state index is 0.364. The summed E-state index contributed by atoms with van der Waals surface area (Å²) in [5.74, 6) is -1.39. The lowest BCUT2D eigenvalue weighted by Crippen LogP contribution is -2.13. The van der Waals surface area contributed by atoms with E-state index >= 15 is 0 Å². The van der Waals surface area contributed by atoms with E-state index in [0.29, 0.717) is 16.9 Å². The maximum atomic E-state index is 13.0. The summed E-state index contributed by atoms with van der Waals surface area (Å²) >= 11 is 0. The van der Waals surface area contributed by atoms with E-state index < -0.39 is 46.0 Å². The van der Waals surface area contributed by atoms with Crippen LogP contribution < -0.4 is 0 Å². The van der Waals surface area contributed by atoms with E-state index in [1.807, 2.05) is 0 Å². The third kappa shape index (κ3) is 2.94. The molecular formula is C13H7F6N3O. The van der Waals surface area contributed by atoms with Crippen LogP contribution >= 0.6 is 0 Å². The third-order valence-electron chi connectivity index (χ3n) is 3.04. The number of benzene rings is 1. The highest BCUT2D eigenvalue weighted by molar-refractivity contribution is 5.75. The van der Waals surface area contributed by atoms with Crippen molar-refractivity contribution >= 4 is 0 Å². The largest absolute Gasteiger partial charge is 0.507 e. The van der Waals surface area contributed by atoms with Crippen molar-refractivity contribution in [3.63, 3.8) is 0 Å². The van der Waals surface area contributed by atoms with E-state index in [2.05, 4.69) is 5.10 Å². The van der Waals surface area contributed by atoms with Gasteiger partial charge in [-0.3, -0.25) is 4.68 Å². The van der Waals surface area contributed by atoms with Crippen molar-refractivity contribution in [1.82, 2.24) is 9.78 Å². The minimum Gasteiger partial charge on any atom is -0.507 e. The van der Waals surface area contributed by atoms with Crippen molar-refractivity contribution < 1.29 is 31.4 Å². The summed E-state index contributed by atoms with van der Waals surface area (Å²) in [6.07, 6.45) is -9.26. The van der Waals surface area contributed by atoms with E-state index in [4.69, 9.17) is 5.26 Å². The SMILES string of the molecule is Cn1ncc(-c2cc(C#N)cc(C(F)(F)F)c2O)c1C(F)(F)F. The lowest BCUT2D eigenvalue weighted by Gasteiger charge is -2.15. The van der Waals surface area contributed by atoms with Crippen LogP contribution in [-0.2, 0) is 19.4 Å². The van der Waals surface area contributed by atoms with Crippen LogP contribution in [0.1, 0.15) is 16.8 Å². The molecule has 0 saturated heterocycles. The Kier molecular flexibility index (Phi) is 3.76. The molecule has 23 heavy (non-hydrogen) atoms. The van der Waals surface area contributed by atoms with Crippen molar-refractivity contribution in [2.45, 2.75) is 12.4 Å². The van der Waals surface area contributed by atoms with Gasteiger partial charge in [0.2, 0.25) is 0 Å². The minimum atomic E-state index is -5.04. The van der Waals surface area contributed by atoms with Gasteiger partial charge in [0.1, 0.15) is 11.4 Å². The number of aryl methyl sites for hydroxylation is 1. The van der Waals surface area contributed by atoms with Gasteiger partial charge in [-0.2, -0.15) is 36.7 Å². The molecule has 1 aromatic heterocycles. The molecule has 10 heteroatoms. The van der Waals surface area contributed by atoms with E-state index in [0.717, 1.165) is 13.1 Å². The number of aromatic hydroxyl groups is 1. The average Bonchev–Trinajstić information content (AvgIpc) is 2.79. The van der Waals surface area contributed by atoms with Crippen LogP contribution in [0.25, 0.3) is 11.1 Å². The van der Waals surface area contributed by atoms with Gasteiger partial charge in [0.05, 0.1) is 23.4 Å². The van der Waals surface area contributed by atoms with Crippen molar-refractivity contribution in [1.29, 1.82) is 5.26 Å². The van der Waals surface area contributed by atoms with E-state index in [9.17, 15) is 31.4 Å². The summed E-state index contributed by atoms with van der Waals surface area (Å²) in [5.41, 5.74) is -4.99. The molecule has 0 aliphatic rings. The molecule has 1 aromatic carbocycles. The fourth-order valence-corrected chi connectivity index (χ4v) is 2.09. The Morgan fingerprint density at radius 3 is 2.17 bits per heavy atom. The lowest BCUT2D eigenvalue weighted by atomic mass is 9.98. The fraction of sp³-hybridized carbons (Fsp3) is 0.231. The lowest BCUT2D eigenvalue weighted by molar-refractivity contribution is -0.143. The van der Waals surface area contributed by atoms with Crippen molar-refractivity contribution in [3.8, 4) is 22.9 Å². The summed E-state index contributed by atoms with van der Waals surface area (Å²) in [6, 6.07) is 2.53. The van der Waals surface area contributed by atoms with Crippen molar-refractivity contribution in [2.75, 3.05) is 0 Å². The normalized spacial score (nSPS) is 12.3. The number of rotatable bonds is 1. The average molecular weight is 335 g/mol. The molecule has 1 N–H and O–H groups in total. The van der Waals surface area contributed by atoms with Crippen LogP contribution in [0.5, 0.6) is 5.75 Å². The summed E-state index contributed by atoms with van der Waals surface area (Å²) in [6.45, 7) is 0. The molecule has 0 saturated carbocycles. The Balaban J connectivity index is 2.83. The molecule has 0 spiro atoms. The van der Waals surface area contributed by atoms with Crippen LogP contribution in [0.2, 0.25) is 0 Å². The van der Waals surface area contributed by atoms with Gasteiger partial charge in [0, 0.05) is 18.2 Å². The molecule has 0 bridgehead atoms. The van der Waals surface area contributed by atoms with Crippen LogP contribution in [0.3, 0.4) is 0 Å². The van der Waals surface area contributed by atoms with E-state index in [1.54, 1.807) is 0 Å². The molecule has 0 aliphatic heterocycles. The molecular weight excluding hydrogens is 328 g/mol. The summed E-state index contributed by atoms with van der Waals surface area (Å²) in [5, 5.41) is 21.9. The summed E-state index contributed by atoms with van der Waals surface area (Å²) in [4.78, 5) is 0. The zero-order valence-electron chi connectivity index (χ0n) is 11.3. The quantitative estimate of drug-likeness (QED) is 0.808. The number of nitrogens with zero attached hydrogens (tertiary/aromatic N) is 3. The van der Waals surface area contributed by atoms with Crippen LogP contribution in [-0.4, -0.2) is 14.9 Å². The molecule has 0 aliphatic carbocycles. The Morgan fingerprint density at radius 2 is 1.70 bits per heavy atom. The predicted molar refractivity (Wildman–Crippen MR) is 65.0 cm³/mol. The first kappa shape index (κ1) is 16.7. The fourth-order valence-electron chi connectivity index (χ4n) is 2.09. The van der Waals surface area contributed by atoms with Gasteiger partial charge in [-0.15, -0.1) is 0 Å². The number of nitriles is 1. The Morgan fingerprint density at radius 1 is 1.09 bits per heavy atom. The highest BCUT2D eigenvalue weighted by Crippen LogP contribution is 2.45. The topological polar surface area (TPSA) is 61.8 Å². The van der Waals surface area contributed by atoms with Gasteiger partial charge in [0.25, 0.3) is 0 Å². The monoisotopic (exact) mass is 335 g/mol. The van der Waals surface area contributed by atoms with E-state index in [-0.39, 0.29) is 0 Å². The highest BCUT2D eigenvalue weighted by Gasteiger charge is 2.40. The number of alkyl halides is 6. The molecule has 2 aromatic rings. The highest BCUT2D eigenvalue weighted by atomic mass is 19.4. The predicted octanol–water partition coefficient (Wildman–Crippen LogP) is 3.70. The van der Waals surface area contributed by atoms with Gasteiger partial charge >= 0.3 is 12.4 Å². The third-order valence-corrected chi connectivity index (χ3v) is 3.04. The Bertz CT molecular complexity index is 798. The van der Waals surface area contributed by atoms with Crippen LogP contribution in [0, 0.1) is 11.3 Å². The number of halogens is 6. The van der Waals surface area contributed by atoms with Crippen LogP contribution in [0.15, 0.2) is 18.3 Å². The number of aromatic nitrogens is 2. The number of hydrogen-bond acceptors (Lipinski definition) is 3. The van der Waals surface area contributed by atoms with Crippen molar-refractivity contribution in [2.24, 2.45) is 7.05 Å². The van der Waals surface area contributed by atoms with Crippen LogP contribution in [0.4, 0.5) is 26.3 Å². The maximum absolute atomic E-state index is 13.0. The smallest absolute Gasteiger partial charge is 0.433 e. The standard InChI is InChI=1S/C13H7F6N3O/c1-22-11(13(17,18)19)8(5-21-22)7-2-6(4-20)3-9(10(7)23)12(14,15)16/h2-3,5,23H,1H3. The second kappa shape index (κ2) is 5.19. The first-order chi connectivity index (χ1) is 10.5. The molecule has 0 amide bonds. The second-order valence-corrected chi connectivity index (χ2v) is 4.56. The van der Waals surface area contributed by atoms with Gasteiger partial charge in [-0.1, -0.05) is 0 Å². The maximum Gasteiger partial charge on any atom is 0.433 e. The van der Waals surface area contributed by atoms with E-state index in [1.165, 1.54) is 6.07 Å². The van der Waals surface area contributed by atoms with Gasteiger partial charge < -0.3 is 5.11 Å².